The smallest absolute Gasteiger partial charge is 0.0270 e. The van der Waals surface area contributed by atoms with E-state index in [1.54, 1.807) is 18.2 Å². The molecule has 0 radical (unpaired) electrons. The standard InChI is InChI=1S/C7H12N2/c1-2-7(9)5-3-4-6-8/h2-6H,8-9H2,1H3/b5-3-,6-4+,7-2+. The number of allylic oxidation sites excluding steroid dienone is 4. The van der Waals surface area contributed by atoms with Gasteiger partial charge in [-0.15, -0.1) is 0 Å². The highest BCUT2D eigenvalue weighted by molar-refractivity contribution is 5.17. The zero-order valence-electron chi connectivity index (χ0n) is 5.54. The Hall–Kier alpha value is -1.18. The van der Waals surface area contributed by atoms with Crippen LogP contribution >= 0.6 is 0 Å². The summed E-state index contributed by atoms with van der Waals surface area (Å²) in [6.07, 6.45) is 8.56. The van der Waals surface area contributed by atoms with Crippen LogP contribution in [0.15, 0.2) is 36.2 Å². The van der Waals surface area contributed by atoms with E-state index in [2.05, 4.69) is 0 Å². The molecule has 0 aromatic heterocycles. The van der Waals surface area contributed by atoms with Gasteiger partial charge in [-0.1, -0.05) is 12.2 Å². The number of hydrogen-bond donors (Lipinski definition) is 2. The first-order valence-corrected chi connectivity index (χ1v) is 2.78. The van der Waals surface area contributed by atoms with Crippen LogP contribution in [-0.4, -0.2) is 0 Å². The first-order valence-electron chi connectivity index (χ1n) is 2.78. The maximum Gasteiger partial charge on any atom is 0.0270 e. The van der Waals surface area contributed by atoms with Crippen LogP contribution in [0.5, 0.6) is 0 Å². The van der Waals surface area contributed by atoms with Crippen molar-refractivity contribution in [2.75, 3.05) is 0 Å². The van der Waals surface area contributed by atoms with Crippen LogP contribution in [-0.2, 0) is 0 Å². The van der Waals surface area contributed by atoms with E-state index >= 15 is 0 Å². The van der Waals surface area contributed by atoms with E-state index in [4.69, 9.17) is 11.5 Å². The van der Waals surface area contributed by atoms with E-state index in [0.717, 1.165) is 5.70 Å². The predicted octanol–water partition coefficient (Wildman–Crippen LogP) is 0.878. The minimum atomic E-state index is 0.744. The molecule has 0 aromatic rings. The van der Waals surface area contributed by atoms with Gasteiger partial charge in [0, 0.05) is 5.70 Å². The molecule has 2 heteroatoms. The van der Waals surface area contributed by atoms with Crippen molar-refractivity contribution in [3.8, 4) is 0 Å². The molecule has 0 rings (SSSR count). The predicted molar refractivity (Wildman–Crippen MR) is 40.4 cm³/mol. The lowest BCUT2D eigenvalue weighted by Gasteiger charge is -1.84. The number of rotatable bonds is 2. The summed E-state index contributed by atoms with van der Waals surface area (Å²) in [4.78, 5) is 0. The molecule has 50 valence electrons. The summed E-state index contributed by atoms with van der Waals surface area (Å²) in [5.74, 6) is 0. The molecule has 0 unspecified atom stereocenters. The fraction of sp³-hybridized carbons (Fsp3) is 0.143. The van der Waals surface area contributed by atoms with Gasteiger partial charge in [0.15, 0.2) is 0 Å². The Morgan fingerprint density at radius 3 is 2.44 bits per heavy atom. The summed E-state index contributed by atoms with van der Waals surface area (Å²) in [5, 5.41) is 0. The van der Waals surface area contributed by atoms with Crippen molar-refractivity contribution in [2.24, 2.45) is 11.5 Å². The zero-order valence-corrected chi connectivity index (χ0v) is 5.54. The second-order valence-corrected chi connectivity index (χ2v) is 1.53. The largest absolute Gasteiger partial charge is 0.405 e. The Morgan fingerprint density at radius 1 is 1.33 bits per heavy atom. The molecule has 0 saturated heterocycles. The molecule has 9 heavy (non-hydrogen) atoms. The van der Waals surface area contributed by atoms with Crippen LogP contribution in [0.1, 0.15) is 6.92 Å². The monoisotopic (exact) mass is 124 g/mol. The van der Waals surface area contributed by atoms with Crippen LogP contribution in [0, 0.1) is 0 Å². The summed E-state index contributed by atoms with van der Waals surface area (Å²) in [6.45, 7) is 1.88. The lowest BCUT2D eigenvalue weighted by Crippen LogP contribution is -1.90. The van der Waals surface area contributed by atoms with Crippen molar-refractivity contribution >= 4 is 0 Å². The van der Waals surface area contributed by atoms with Gasteiger partial charge in [0.1, 0.15) is 0 Å². The highest BCUT2D eigenvalue weighted by atomic mass is 14.5. The van der Waals surface area contributed by atoms with Crippen LogP contribution in [0.4, 0.5) is 0 Å². The average Bonchev–Trinajstić information content (AvgIpc) is 1.89. The van der Waals surface area contributed by atoms with Crippen molar-refractivity contribution in [2.45, 2.75) is 6.92 Å². The van der Waals surface area contributed by atoms with Gasteiger partial charge in [-0.3, -0.25) is 0 Å². The minimum absolute atomic E-state index is 0.744. The summed E-state index contributed by atoms with van der Waals surface area (Å²) >= 11 is 0. The normalized spacial score (nSPS) is 13.7. The van der Waals surface area contributed by atoms with Gasteiger partial charge in [0.25, 0.3) is 0 Å². The minimum Gasteiger partial charge on any atom is -0.405 e. The van der Waals surface area contributed by atoms with Crippen LogP contribution in [0.3, 0.4) is 0 Å². The molecule has 0 amide bonds. The third-order valence-corrected chi connectivity index (χ3v) is 0.844. The molecule has 0 aliphatic carbocycles. The molecule has 0 bridgehead atoms. The van der Waals surface area contributed by atoms with Crippen molar-refractivity contribution in [3.05, 3.63) is 36.2 Å². The van der Waals surface area contributed by atoms with Gasteiger partial charge >= 0.3 is 0 Å². The van der Waals surface area contributed by atoms with E-state index in [1.165, 1.54) is 6.20 Å². The quantitative estimate of drug-likeness (QED) is 0.537. The van der Waals surface area contributed by atoms with Crippen LogP contribution in [0.2, 0.25) is 0 Å². The Bertz CT molecular complexity index is 143. The molecule has 0 fully saturated rings. The van der Waals surface area contributed by atoms with Gasteiger partial charge in [-0.05, 0) is 25.3 Å². The molecule has 0 saturated carbocycles. The van der Waals surface area contributed by atoms with Crippen molar-refractivity contribution in [3.63, 3.8) is 0 Å². The van der Waals surface area contributed by atoms with Gasteiger partial charge in [0.05, 0.1) is 0 Å². The molecule has 0 atom stereocenters. The van der Waals surface area contributed by atoms with Crippen molar-refractivity contribution in [1.82, 2.24) is 0 Å². The molecule has 0 aliphatic heterocycles. The Kier molecular flexibility index (Phi) is 4.32. The number of hydrogen-bond acceptors (Lipinski definition) is 2. The van der Waals surface area contributed by atoms with E-state index in [1.807, 2.05) is 13.0 Å². The van der Waals surface area contributed by atoms with E-state index in [-0.39, 0.29) is 0 Å². The maximum absolute atomic E-state index is 5.41. The molecule has 0 heterocycles. The topological polar surface area (TPSA) is 52.0 Å². The zero-order chi connectivity index (χ0) is 7.11. The highest BCUT2D eigenvalue weighted by Gasteiger charge is 1.71. The van der Waals surface area contributed by atoms with Gasteiger partial charge in [-0.2, -0.15) is 0 Å². The molecular weight excluding hydrogens is 112 g/mol. The Labute approximate surface area is 55.5 Å². The molecule has 4 N–H and O–H groups in total. The van der Waals surface area contributed by atoms with Gasteiger partial charge in [-0.25, -0.2) is 0 Å². The third kappa shape index (κ3) is 4.68. The highest BCUT2D eigenvalue weighted by Crippen LogP contribution is 1.84. The van der Waals surface area contributed by atoms with E-state index in [9.17, 15) is 0 Å². The molecule has 0 aliphatic rings. The second-order valence-electron chi connectivity index (χ2n) is 1.53. The van der Waals surface area contributed by atoms with E-state index in [0.29, 0.717) is 0 Å². The van der Waals surface area contributed by atoms with Crippen molar-refractivity contribution in [1.29, 1.82) is 0 Å². The Morgan fingerprint density at radius 2 is 2.00 bits per heavy atom. The first-order chi connectivity index (χ1) is 4.31. The lowest BCUT2D eigenvalue weighted by molar-refractivity contribution is 1.39. The van der Waals surface area contributed by atoms with Gasteiger partial charge < -0.3 is 11.5 Å². The second kappa shape index (κ2) is 4.97. The average molecular weight is 124 g/mol. The summed E-state index contributed by atoms with van der Waals surface area (Å²) in [5.41, 5.74) is 11.2. The molecule has 0 aromatic carbocycles. The maximum atomic E-state index is 5.41. The summed E-state index contributed by atoms with van der Waals surface area (Å²) in [7, 11) is 0. The van der Waals surface area contributed by atoms with E-state index < -0.39 is 0 Å². The van der Waals surface area contributed by atoms with Crippen molar-refractivity contribution < 1.29 is 0 Å². The van der Waals surface area contributed by atoms with Gasteiger partial charge in [0.2, 0.25) is 0 Å². The Balaban J connectivity index is 3.71. The first kappa shape index (κ1) is 7.82. The van der Waals surface area contributed by atoms with Crippen LogP contribution < -0.4 is 11.5 Å². The fourth-order valence-corrected chi connectivity index (χ4v) is 0.327. The fourth-order valence-electron chi connectivity index (χ4n) is 0.327. The molecule has 0 spiro atoms. The number of nitrogens with two attached hydrogens (primary N) is 2. The summed E-state index contributed by atoms with van der Waals surface area (Å²) in [6, 6.07) is 0. The lowest BCUT2D eigenvalue weighted by atomic mass is 10.4. The molecule has 2 nitrogen and oxygen atoms in total. The third-order valence-electron chi connectivity index (χ3n) is 0.844. The SMILES string of the molecule is C\C=C(N)/C=C\C=C\N. The summed E-state index contributed by atoms with van der Waals surface area (Å²) < 4.78 is 0. The van der Waals surface area contributed by atoms with Crippen LogP contribution in [0.25, 0.3) is 0 Å². The molecular formula is C7H12N2.